The van der Waals surface area contributed by atoms with Crippen molar-refractivity contribution >= 4 is 5.78 Å². The Hall–Kier alpha value is -1.15. The second-order valence-electron chi connectivity index (χ2n) is 7.47. The molecular weight excluding hydrogens is 236 g/mol. The van der Waals surface area contributed by atoms with Gasteiger partial charge in [0.25, 0.3) is 0 Å². The van der Waals surface area contributed by atoms with E-state index in [1.807, 2.05) is 18.2 Å². The molecule has 2 nitrogen and oxygen atoms in total. The number of aliphatic hydroxyl groups is 1. The van der Waals surface area contributed by atoms with E-state index in [1.165, 1.54) is 5.56 Å². The molecule has 1 aromatic carbocycles. The van der Waals surface area contributed by atoms with Gasteiger partial charge in [-0.2, -0.15) is 0 Å². The predicted octanol–water partition coefficient (Wildman–Crippen LogP) is 2.55. The number of hydrogen-bond donors (Lipinski definition) is 1. The normalized spacial score (nSPS) is 49.3. The predicted molar refractivity (Wildman–Crippen MR) is 72.6 cm³/mol. The molecule has 0 aliphatic heterocycles. The maximum atomic E-state index is 12.4. The van der Waals surface area contributed by atoms with Crippen LogP contribution in [0.2, 0.25) is 0 Å². The van der Waals surface area contributed by atoms with Crippen LogP contribution in [0.15, 0.2) is 30.3 Å². The lowest BCUT2D eigenvalue weighted by molar-refractivity contribution is -0.120. The SMILES string of the molecule is CC1(C)[C@@H]2[C@@H]3C(=O)C[C@](C)([C@H]1O)[C@@]32c1ccccc1. The molecule has 2 heteroatoms. The molecule has 0 bridgehead atoms. The van der Waals surface area contributed by atoms with E-state index in [1.54, 1.807) is 0 Å². The highest BCUT2D eigenvalue weighted by molar-refractivity contribution is 5.94. The van der Waals surface area contributed by atoms with Crippen molar-refractivity contribution in [3.05, 3.63) is 35.9 Å². The monoisotopic (exact) mass is 256 g/mol. The number of carbonyl (C=O) groups excluding carboxylic acids is 1. The van der Waals surface area contributed by atoms with Crippen molar-refractivity contribution in [3.8, 4) is 0 Å². The first-order valence-corrected chi connectivity index (χ1v) is 7.15. The van der Waals surface area contributed by atoms with E-state index in [2.05, 4.69) is 32.9 Å². The van der Waals surface area contributed by atoms with E-state index in [0.29, 0.717) is 18.1 Å². The smallest absolute Gasteiger partial charge is 0.137 e. The van der Waals surface area contributed by atoms with Crippen molar-refractivity contribution < 1.29 is 9.90 Å². The van der Waals surface area contributed by atoms with Crippen LogP contribution in [0, 0.1) is 22.7 Å². The van der Waals surface area contributed by atoms with Crippen molar-refractivity contribution in [3.63, 3.8) is 0 Å². The summed E-state index contributed by atoms with van der Waals surface area (Å²) in [5.74, 6) is 0.808. The molecule has 0 amide bonds. The van der Waals surface area contributed by atoms with Gasteiger partial charge >= 0.3 is 0 Å². The third-order valence-corrected chi connectivity index (χ3v) is 6.40. The Morgan fingerprint density at radius 1 is 1.16 bits per heavy atom. The number of rotatable bonds is 1. The van der Waals surface area contributed by atoms with E-state index in [9.17, 15) is 9.90 Å². The maximum Gasteiger partial charge on any atom is 0.137 e. The Bertz CT molecular complexity index is 576. The zero-order valence-corrected chi connectivity index (χ0v) is 11.7. The summed E-state index contributed by atoms with van der Waals surface area (Å²) in [6.07, 6.45) is 0.140. The van der Waals surface area contributed by atoms with E-state index in [-0.39, 0.29) is 22.2 Å². The maximum absolute atomic E-state index is 12.4. The molecule has 1 aromatic rings. The molecule has 1 N–H and O–H groups in total. The quantitative estimate of drug-likeness (QED) is 0.838. The molecule has 0 unspecified atom stereocenters. The third kappa shape index (κ3) is 0.941. The van der Waals surface area contributed by atoms with Gasteiger partial charge in [-0.1, -0.05) is 51.1 Å². The Kier molecular flexibility index (Phi) is 1.81. The van der Waals surface area contributed by atoms with Gasteiger partial charge in [-0.25, -0.2) is 0 Å². The average molecular weight is 256 g/mol. The van der Waals surface area contributed by atoms with Crippen LogP contribution in [0.5, 0.6) is 0 Å². The number of ketones is 1. The van der Waals surface area contributed by atoms with Crippen LogP contribution in [0.3, 0.4) is 0 Å². The first-order valence-electron chi connectivity index (χ1n) is 7.15. The molecule has 3 aliphatic carbocycles. The van der Waals surface area contributed by atoms with Crippen LogP contribution in [-0.4, -0.2) is 17.0 Å². The molecule has 0 aromatic heterocycles. The van der Waals surface area contributed by atoms with Crippen LogP contribution >= 0.6 is 0 Å². The lowest BCUT2D eigenvalue weighted by atomic mass is 9.69. The molecule has 3 aliphatic rings. The summed E-state index contributed by atoms with van der Waals surface area (Å²) in [5.41, 5.74) is 0.697. The highest BCUT2D eigenvalue weighted by Gasteiger charge is 2.90. The largest absolute Gasteiger partial charge is 0.392 e. The zero-order chi connectivity index (χ0) is 13.6. The molecule has 3 saturated carbocycles. The number of fused-ring (bicyclic) bond motifs is 1. The van der Waals surface area contributed by atoms with Crippen LogP contribution in [-0.2, 0) is 10.2 Å². The summed E-state index contributed by atoms with van der Waals surface area (Å²) in [7, 11) is 0. The van der Waals surface area contributed by atoms with E-state index < -0.39 is 6.10 Å². The van der Waals surface area contributed by atoms with Gasteiger partial charge in [-0.15, -0.1) is 0 Å². The lowest BCUT2D eigenvalue weighted by Crippen LogP contribution is -2.41. The van der Waals surface area contributed by atoms with Crippen molar-refractivity contribution in [1.82, 2.24) is 0 Å². The van der Waals surface area contributed by atoms with Crippen molar-refractivity contribution in [2.45, 2.75) is 38.7 Å². The Labute approximate surface area is 113 Å². The fourth-order valence-electron chi connectivity index (χ4n) is 5.89. The minimum absolute atomic E-state index is 0.103. The molecular formula is C17H20O2. The van der Waals surface area contributed by atoms with Gasteiger partial charge in [0.1, 0.15) is 5.78 Å². The summed E-state index contributed by atoms with van der Waals surface area (Å²) in [6, 6.07) is 10.4. The second kappa shape index (κ2) is 2.95. The average Bonchev–Trinajstić information content (AvgIpc) is 3.03. The molecule has 5 atom stereocenters. The second-order valence-corrected chi connectivity index (χ2v) is 7.47. The molecule has 100 valence electrons. The van der Waals surface area contributed by atoms with Gasteiger partial charge < -0.3 is 5.11 Å². The standard InChI is InChI=1S/C17H20O2/c1-15(2)13-12-11(18)9-16(3,14(15)19)17(12,13)10-7-5-4-6-8-10/h4-8,12-14,19H,9H2,1-3H3/t12-,13-,14-,16+,17-/m0/s1. The van der Waals surface area contributed by atoms with Gasteiger partial charge in [0.2, 0.25) is 0 Å². The Balaban J connectivity index is 1.98. The van der Waals surface area contributed by atoms with Gasteiger partial charge in [0.15, 0.2) is 0 Å². The molecule has 0 spiro atoms. The van der Waals surface area contributed by atoms with Crippen molar-refractivity contribution in [2.75, 3.05) is 0 Å². The summed E-state index contributed by atoms with van der Waals surface area (Å²) in [4.78, 5) is 12.4. The molecule has 3 fully saturated rings. The highest BCUT2D eigenvalue weighted by Crippen LogP contribution is 2.86. The highest BCUT2D eigenvalue weighted by atomic mass is 16.3. The molecule has 0 saturated heterocycles. The van der Waals surface area contributed by atoms with Gasteiger partial charge in [-0.3, -0.25) is 4.79 Å². The number of Topliss-reactive ketones (excluding diaryl/α,β-unsaturated/α-hetero) is 1. The topological polar surface area (TPSA) is 37.3 Å². The summed E-state index contributed by atoms with van der Waals surface area (Å²) in [5, 5.41) is 10.8. The summed E-state index contributed by atoms with van der Waals surface area (Å²) < 4.78 is 0. The van der Waals surface area contributed by atoms with Gasteiger partial charge in [0, 0.05) is 23.2 Å². The summed E-state index contributed by atoms with van der Waals surface area (Å²) >= 11 is 0. The number of benzene rings is 1. The first kappa shape index (κ1) is 11.7. The van der Waals surface area contributed by atoms with Crippen molar-refractivity contribution in [2.24, 2.45) is 22.7 Å². The Morgan fingerprint density at radius 3 is 2.37 bits per heavy atom. The van der Waals surface area contributed by atoms with Gasteiger partial charge in [0.05, 0.1) is 6.10 Å². The fraction of sp³-hybridized carbons (Fsp3) is 0.588. The van der Waals surface area contributed by atoms with Crippen LogP contribution < -0.4 is 0 Å². The van der Waals surface area contributed by atoms with Crippen molar-refractivity contribution in [1.29, 1.82) is 0 Å². The summed E-state index contributed by atoms with van der Waals surface area (Å²) in [6.45, 7) is 6.38. The lowest BCUT2D eigenvalue weighted by Gasteiger charge is -2.37. The molecule has 0 heterocycles. The number of aliphatic hydroxyl groups excluding tert-OH is 1. The minimum atomic E-state index is -0.395. The van der Waals surface area contributed by atoms with Crippen LogP contribution in [0.1, 0.15) is 32.8 Å². The Morgan fingerprint density at radius 2 is 1.79 bits per heavy atom. The number of hydrogen-bond acceptors (Lipinski definition) is 2. The zero-order valence-electron chi connectivity index (χ0n) is 11.7. The van der Waals surface area contributed by atoms with E-state index >= 15 is 0 Å². The third-order valence-electron chi connectivity index (χ3n) is 6.40. The number of carbonyl (C=O) groups is 1. The molecule has 0 radical (unpaired) electrons. The van der Waals surface area contributed by atoms with Gasteiger partial charge in [-0.05, 0) is 16.9 Å². The van der Waals surface area contributed by atoms with E-state index in [4.69, 9.17) is 0 Å². The van der Waals surface area contributed by atoms with Crippen LogP contribution in [0.25, 0.3) is 0 Å². The minimum Gasteiger partial charge on any atom is -0.392 e. The fourth-order valence-corrected chi connectivity index (χ4v) is 5.89. The molecule has 19 heavy (non-hydrogen) atoms. The van der Waals surface area contributed by atoms with E-state index in [0.717, 1.165) is 0 Å². The first-order chi connectivity index (χ1) is 8.88. The van der Waals surface area contributed by atoms with Crippen LogP contribution in [0.4, 0.5) is 0 Å². The molecule has 4 rings (SSSR count).